The van der Waals surface area contributed by atoms with Crippen molar-refractivity contribution in [2.45, 2.75) is 4.90 Å². The molecular weight excluding hydrogens is 306 g/mol. The first-order valence-corrected chi connectivity index (χ1v) is 8.30. The van der Waals surface area contributed by atoms with Crippen LogP contribution in [-0.4, -0.2) is 61.4 Å². The summed E-state index contributed by atoms with van der Waals surface area (Å²) in [6.45, 7) is 0.505. The summed E-state index contributed by atoms with van der Waals surface area (Å²) < 4.78 is 25.6. The molecule has 0 saturated carbocycles. The van der Waals surface area contributed by atoms with Crippen LogP contribution in [0.25, 0.3) is 0 Å². The number of nitrogens with zero attached hydrogens (tertiary/aromatic N) is 3. The lowest BCUT2D eigenvalue weighted by atomic mass is 10.3. The second-order valence-corrected chi connectivity index (χ2v) is 6.78. The van der Waals surface area contributed by atoms with Crippen molar-refractivity contribution in [1.82, 2.24) is 9.80 Å². The van der Waals surface area contributed by atoms with Crippen molar-refractivity contribution in [2.75, 3.05) is 26.2 Å². The quantitative estimate of drug-likeness (QED) is 0.871. The molecule has 0 bridgehead atoms. The number of carbonyl (C=O) groups is 1. The van der Waals surface area contributed by atoms with Crippen LogP contribution in [0.2, 0.25) is 0 Å². The molecule has 0 aromatic heterocycles. The highest BCUT2D eigenvalue weighted by atomic mass is 32.2. The standard InChI is InChI=1S/C14H15N3O4S/c18-9-8-16-10-12(13-15-6-7-17(13)14(16)19)22(20,21)11-4-2-1-3-5-11/h1-5,10,18H,6-9H2. The van der Waals surface area contributed by atoms with Crippen molar-refractivity contribution in [3.8, 4) is 0 Å². The molecule has 8 heteroatoms. The maximum Gasteiger partial charge on any atom is 0.329 e. The first-order valence-electron chi connectivity index (χ1n) is 6.81. The number of hydrogen-bond acceptors (Lipinski definition) is 5. The van der Waals surface area contributed by atoms with Crippen LogP contribution in [0.5, 0.6) is 0 Å². The Morgan fingerprint density at radius 3 is 2.64 bits per heavy atom. The molecule has 3 rings (SSSR count). The monoisotopic (exact) mass is 321 g/mol. The zero-order valence-electron chi connectivity index (χ0n) is 11.7. The van der Waals surface area contributed by atoms with Gasteiger partial charge in [-0.3, -0.25) is 14.8 Å². The van der Waals surface area contributed by atoms with E-state index in [0.29, 0.717) is 13.1 Å². The van der Waals surface area contributed by atoms with E-state index < -0.39 is 9.84 Å². The van der Waals surface area contributed by atoms with Crippen LogP contribution in [-0.2, 0) is 9.84 Å². The van der Waals surface area contributed by atoms with E-state index in [2.05, 4.69) is 4.99 Å². The Kier molecular flexibility index (Phi) is 3.71. The summed E-state index contributed by atoms with van der Waals surface area (Å²) in [6.07, 6.45) is 1.27. The van der Waals surface area contributed by atoms with Gasteiger partial charge in [-0.2, -0.15) is 0 Å². The fraction of sp³-hybridized carbons (Fsp3) is 0.286. The smallest absolute Gasteiger partial charge is 0.329 e. The zero-order chi connectivity index (χ0) is 15.7. The van der Waals surface area contributed by atoms with E-state index in [-0.39, 0.29) is 34.8 Å². The molecule has 2 heterocycles. The molecule has 0 fully saturated rings. The Morgan fingerprint density at radius 2 is 1.95 bits per heavy atom. The maximum absolute atomic E-state index is 12.8. The first-order chi connectivity index (χ1) is 10.6. The summed E-state index contributed by atoms with van der Waals surface area (Å²) in [7, 11) is -3.78. The Hall–Kier alpha value is -2.19. The molecule has 1 aromatic rings. The van der Waals surface area contributed by atoms with E-state index in [0.717, 1.165) is 0 Å². The number of aliphatic hydroxyl groups is 1. The van der Waals surface area contributed by atoms with Gasteiger partial charge < -0.3 is 5.11 Å². The first kappa shape index (κ1) is 14.7. The minimum atomic E-state index is -3.78. The predicted molar refractivity (Wildman–Crippen MR) is 79.9 cm³/mol. The molecular formula is C14H15N3O4S. The minimum Gasteiger partial charge on any atom is -0.395 e. The van der Waals surface area contributed by atoms with E-state index in [1.165, 1.54) is 28.1 Å². The molecule has 0 radical (unpaired) electrons. The van der Waals surface area contributed by atoms with Gasteiger partial charge >= 0.3 is 6.03 Å². The third-order valence-corrected chi connectivity index (χ3v) is 5.25. The number of benzene rings is 1. The highest BCUT2D eigenvalue weighted by Gasteiger charge is 2.39. The van der Waals surface area contributed by atoms with Gasteiger partial charge in [0, 0.05) is 12.7 Å². The van der Waals surface area contributed by atoms with E-state index in [1.807, 2.05) is 0 Å². The number of amidine groups is 1. The van der Waals surface area contributed by atoms with Crippen LogP contribution in [0.1, 0.15) is 0 Å². The fourth-order valence-electron chi connectivity index (χ4n) is 2.44. The van der Waals surface area contributed by atoms with E-state index in [9.17, 15) is 13.2 Å². The Morgan fingerprint density at radius 1 is 1.23 bits per heavy atom. The van der Waals surface area contributed by atoms with Crippen molar-refractivity contribution >= 4 is 21.7 Å². The molecule has 1 aromatic carbocycles. The third-order valence-electron chi connectivity index (χ3n) is 3.49. The molecule has 116 valence electrons. The summed E-state index contributed by atoms with van der Waals surface area (Å²) in [5.41, 5.74) is 0. The summed E-state index contributed by atoms with van der Waals surface area (Å²) >= 11 is 0. The van der Waals surface area contributed by atoms with Crippen LogP contribution in [0.4, 0.5) is 4.79 Å². The number of aliphatic imine (C=N–C) groups is 1. The van der Waals surface area contributed by atoms with Crippen LogP contribution in [0.3, 0.4) is 0 Å². The Balaban J connectivity index is 2.11. The number of urea groups is 1. The number of carbonyl (C=O) groups excluding carboxylic acids is 1. The number of sulfone groups is 1. The molecule has 2 aliphatic rings. The average Bonchev–Trinajstić information content (AvgIpc) is 3.01. The highest BCUT2D eigenvalue weighted by molar-refractivity contribution is 7.96. The van der Waals surface area contributed by atoms with Crippen molar-refractivity contribution in [3.05, 3.63) is 41.4 Å². The molecule has 7 nitrogen and oxygen atoms in total. The lowest BCUT2D eigenvalue weighted by Gasteiger charge is -2.31. The van der Waals surface area contributed by atoms with Gasteiger partial charge in [0.1, 0.15) is 4.91 Å². The number of hydrogen-bond donors (Lipinski definition) is 1. The van der Waals surface area contributed by atoms with E-state index in [1.54, 1.807) is 18.2 Å². The number of rotatable bonds is 4. The van der Waals surface area contributed by atoms with Gasteiger partial charge in [-0.15, -0.1) is 0 Å². The SMILES string of the molecule is O=C1N(CCO)C=C(S(=O)(=O)c2ccccc2)C2=NCCN12. The number of amides is 2. The number of aliphatic hydroxyl groups excluding tert-OH is 1. The molecule has 0 atom stereocenters. The summed E-state index contributed by atoms with van der Waals surface area (Å²) in [5, 5.41) is 9.06. The second-order valence-electron chi connectivity index (χ2n) is 4.87. The molecule has 0 saturated heterocycles. The van der Waals surface area contributed by atoms with Crippen molar-refractivity contribution in [3.63, 3.8) is 0 Å². The summed E-state index contributed by atoms with van der Waals surface area (Å²) in [5.74, 6) is 0.183. The highest BCUT2D eigenvalue weighted by Crippen LogP contribution is 2.28. The largest absolute Gasteiger partial charge is 0.395 e. The van der Waals surface area contributed by atoms with Crippen LogP contribution >= 0.6 is 0 Å². The molecule has 0 aliphatic carbocycles. The molecule has 1 N–H and O–H groups in total. The number of fused-ring (bicyclic) bond motifs is 1. The van der Waals surface area contributed by atoms with Crippen LogP contribution in [0.15, 0.2) is 51.3 Å². The van der Waals surface area contributed by atoms with Crippen LogP contribution < -0.4 is 0 Å². The molecule has 2 amide bonds. The normalized spacial score (nSPS) is 18.1. The van der Waals surface area contributed by atoms with Gasteiger partial charge in [0.2, 0.25) is 9.84 Å². The van der Waals surface area contributed by atoms with Gasteiger partial charge in [-0.25, -0.2) is 13.2 Å². The predicted octanol–water partition coefficient (Wildman–Crippen LogP) is 0.444. The summed E-state index contributed by atoms with van der Waals surface area (Å²) in [6, 6.07) is 7.65. The molecule has 2 aliphatic heterocycles. The third kappa shape index (κ3) is 2.30. The second kappa shape index (κ2) is 5.54. The van der Waals surface area contributed by atoms with Crippen molar-refractivity contribution < 1.29 is 18.3 Å². The topological polar surface area (TPSA) is 90.3 Å². The van der Waals surface area contributed by atoms with Gasteiger partial charge in [-0.1, -0.05) is 18.2 Å². The van der Waals surface area contributed by atoms with E-state index in [4.69, 9.17) is 5.11 Å². The fourth-order valence-corrected chi connectivity index (χ4v) is 3.89. The summed E-state index contributed by atoms with van der Waals surface area (Å²) in [4.78, 5) is 19.1. The Labute approximate surface area is 128 Å². The lowest BCUT2D eigenvalue weighted by molar-refractivity contribution is 0.179. The maximum atomic E-state index is 12.8. The van der Waals surface area contributed by atoms with Crippen molar-refractivity contribution in [2.24, 2.45) is 4.99 Å². The van der Waals surface area contributed by atoms with Gasteiger partial charge in [0.25, 0.3) is 0 Å². The minimum absolute atomic E-state index is 0.00995. The molecule has 22 heavy (non-hydrogen) atoms. The van der Waals surface area contributed by atoms with Gasteiger partial charge in [0.15, 0.2) is 5.84 Å². The van der Waals surface area contributed by atoms with E-state index >= 15 is 0 Å². The van der Waals surface area contributed by atoms with Gasteiger partial charge in [0.05, 0.1) is 24.6 Å². The zero-order valence-corrected chi connectivity index (χ0v) is 12.5. The lowest BCUT2D eigenvalue weighted by Crippen LogP contribution is -2.49. The Bertz CT molecular complexity index is 756. The van der Waals surface area contributed by atoms with Crippen molar-refractivity contribution in [1.29, 1.82) is 0 Å². The number of β-amino-alcohol motifs (C(OH)–C–C–N with tert-alkyl or cyclic N) is 1. The van der Waals surface area contributed by atoms with Crippen LogP contribution in [0, 0.1) is 0 Å². The molecule has 0 unspecified atom stereocenters. The average molecular weight is 321 g/mol. The molecule has 0 spiro atoms. The van der Waals surface area contributed by atoms with Gasteiger partial charge in [-0.05, 0) is 12.1 Å².